The van der Waals surface area contributed by atoms with Crippen LogP contribution >= 0.6 is 0 Å². The van der Waals surface area contributed by atoms with E-state index in [1.165, 1.54) is 49.7 Å². The Morgan fingerprint density at radius 3 is 1.60 bits per heavy atom. The van der Waals surface area contributed by atoms with Crippen LogP contribution in [0.25, 0.3) is 93.9 Å². The Labute approximate surface area is 330 Å². The summed E-state index contributed by atoms with van der Waals surface area (Å²) in [6.45, 7) is 0. The van der Waals surface area contributed by atoms with Gasteiger partial charge in [0.05, 0.1) is 16.7 Å². The van der Waals surface area contributed by atoms with Crippen molar-refractivity contribution in [2.75, 3.05) is 5.32 Å². The van der Waals surface area contributed by atoms with Crippen LogP contribution in [0.15, 0.2) is 217 Å². The zero-order valence-corrected chi connectivity index (χ0v) is 31.1. The van der Waals surface area contributed by atoms with Crippen LogP contribution in [0, 0.1) is 0 Å². The van der Waals surface area contributed by atoms with Crippen molar-refractivity contribution in [2.24, 2.45) is 0 Å². The van der Waals surface area contributed by atoms with Gasteiger partial charge < -0.3 is 14.3 Å². The minimum Gasteiger partial charge on any atom is -0.455 e. The SMILES string of the molecule is c1cc(-c2ccc(Nc3ccc(-c4ccccc4-c4ccccc4-n4c5ccccc5c5ccccc54)cc3)cc2)cc(-c2cccc3c2oc2ccccc23)c1. The maximum absolute atomic E-state index is 6.35. The Morgan fingerprint density at radius 2 is 0.860 bits per heavy atom. The quantitative estimate of drug-likeness (QED) is 0.177. The molecule has 0 unspecified atom stereocenters. The van der Waals surface area contributed by atoms with Crippen molar-refractivity contribution in [3.8, 4) is 50.2 Å². The lowest BCUT2D eigenvalue weighted by Gasteiger charge is -2.17. The minimum atomic E-state index is 0.913. The molecule has 11 aromatic rings. The molecule has 3 nitrogen and oxygen atoms in total. The molecule has 268 valence electrons. The van der Waals surface area contributed by atoms with Crippen molar-refractivity contribution >= 4 is 55.1 Å². The van der Waals surface area contributed by atoms with E-state index in [2.05, 4.69) is 210 Å². The van der Waals surface area contributed by atoms with Crippen LogP contribution < -0.4 is 5.32 Å². The molecule has 9 aromatic carbocycles. The molecule has 0 bridgehead atoms. The highest BCUT2D eigenvalue weighted by Crippen LogP contribution is 2.40. The fourth-order valence-electron chi connectivity index (χ4n) is 8.53. The summed E-state index contributed by atoms with van der Waals surface area (Å²) in [7, 11) is 0. The van der Waals surface area contributed by atoms with Crippen molar-refractivity contribution < 1.29 is 4.42 Å². The molecule has 2 aromatic heterocycles. The van der Waals surface area contributed by atoms with Crippen molar-refractivity contribution in [1.82, 2.24) is 4.57 Å². The Kier molecular flexibility index (Phi) is 7.82. The summed E-state index contributed by atoms with van der Waals surface area (Å²) in [6, 6.07) is 75.7. The van der Waals surface area contributed by atoms with Gasteiger partial charge in [0.25, 0.3) is 0 Å². The molecule has 3 heteroatoms. The first-order valence-electron chi connectivity index (χ1n) is 19.4. The van der Waals surface area contributed by atoms with Crippen LogP contribution in [0.2, 0.25) is 0 Å². The molecule has 11 rings (SSSR count). The summed E-state index contributed by atoms with van der Waals surface area (Å²) in [5, 5.41) is 8.43. The normalized spacial score (nSPS) is 11.5. The Bertz CT molecular complexity index is 3200. The predicted octanol–water partition coefficient (Wildman–Crippen LogP) is 15.1. The van der Waals surface area contributed by atoms with Gasteiger partial charge in [0.15, 0.2) is 0 Å². The summed E-state index contributed by atoms with van der Waals surface area (Å²) in [5.74, 6) is 0. The Morgan fingerprint density at radius 1 is 0.333 bits per heavy atom. The van der Waals surface area contributed by atoms with Crippen LogP contribution in [-0.2, 0) is 0 Å². The first-order chi connectivity index (χ1) is 28.3. The number of aromatic nitrogens is 1. The third-order valence-electron chi connectivity index (χ3n) is 11.2. The van der Waals surface area contributed by atoms with E-state index in [9.17, 15) is 0 Å². The summed E-state index contributed by atoms with van der Waals surface area (Å²) in [5.41, 5.74) is 16.8. The molecule has 0 radical (unpaired) electrons. The van der Waals surface area contributed by atoms with E-state index in [4.69, 9.17) is 4.42 Å². The van der Waals surface area contributed by atoms with E-state index in [-0.39, 0.29) is 0 Å². The molecular weight excluding hydrogens is 693 g/mol. The Balaban J connectivity index is 0.868. The van der Waals surface area contributed by atoms with Gasteiger partial charge in [0.1, 0.15) is 11.2 Å². The second-order valence-electron chi connectivity index (χ2n) is 14.6. The molecule has 0 aliphatic carbocycles. The largest absolute Gasteiger partial charge is 0.455 e. The van der Waals surface area contributed by atoms with Gasteiger partial charge in [0.2, 0.25) is 0 Å². The van der Waals surface area contributed by atoms with Crippen molar-refractivity contribution in [1.29, 1.82) is 0 Å². The molecule has 2 heterocycles. The van der Waals surface area contributed by atoms with Gasteiger partial charge >= 0.3 is 0 Å². The number of hydrogen-bond donors (Lipinski definition) is 1. The molecule has 0 aliphatic heterocycles. The lowest BCUT2D eigenvalue weighted by Crippen LogP contribution is -1.98. The van der Waals surface area contributed by atoms with E-state index in [0.717, 1.165) is 55.6 Å². The fourth-order valence-corrected chi connectivity index (χ4v) is 8.53. The summed E-state index contributed by atoms with van der Waals surface area (Å²) in [4.78, 5) is 0. The van der Waals surface area contributed by atoms with Crippen molar-refractivity contribution in [2.45, 2.75) is 0 Å². The van der Waals surface area contributed by atoms with Crippen LogP contribution in [0.4, 0.5) is 11.4 Å². The van der Waals surface area contributed by atoms with Gasteiger partial charge in [0, 0.05) is 44.0 Å². The number of furan rings is 1. The van der Waals surface area contributed by atoms with Crippen LogP contribution in [0.5, 0.6) is 0 Å². The molecule has 0 saturated heterocycles. The molecule has 0 amide bonds. The molecule has 0 aliphatic rings. The maximum atomic E-state index is 6.35. The molecule has 1 N–H and O–H groups in total. The van der Waals surface area contributed by atoms with E-state index >= 15 is 0 Å². The highest BCUT2D eigenvalue weighted by molar-refractivity contribution is 6.11. The summed E-state index contributed by atoms with van der Waals surface area (Å²) < 4.78 is 8.76. The number of hydrogen-bond acceptors (Lipinski definition) is 2. The summed E-state index contributed by atoms with van der Waals surface area (Å²) in [6.07, 6.45) is 0. The molecule has 0 atom stereocenters. The first-order valence-corrected chi connectivity index (χ1v) is 19.4. The van der Waals surface area contributed by atoms with Gasteiger partial charge in [-0.1, -0.05) is 158 Å². The number of benzene rings is 9. The third kappa shape index (κ3) is 5.68. The number of nitrogens with zero attached hydrogens (tertiary/aromatic N) is 1. The second kappa shape index (κ2) is 13.6. The van der Waals surface area contributed by atoms with E-state index in [0.29, 0.717) is 0 Å². The lowest BCUT2D eigenvalue weighted by atomic mass is 9.93. The van der Waals surface area contributed by atoms with E-state index in [1.807, 2.05) is 12.1 Å². The third-order valence-corrected chi connectivity index (χ3v) is 11.2. The van der Waals surface area contributed by atoms with Crippen molar-refractivity contribution in [3.63, 3.8) is 0 Å². The van der Waals surface area contributed by atoms with Crippen LogP contribution in [0.3, 0.4) is 0 Å². The standard InChI is InChI=1S/C54H36N2O/c1-2-16-44(45-17-3-7-23-50(45)56-51-24-8-4-18-46(51)47-19-5-9-25-52(47)56)42(15-1)37-29-33-41(34-30-37)55-40-31-27-36(28-32-40)38-13-11-14-39(35-38)43-21-12-22-49-48-20-6-10-26-53(48)57-54(43)49/h1-35,55H. The topological polar surface area (TPSA) is 30.1 Å². The number of fused-ring (bicyclic) bond motifs is 6. The van der Waals surface area contributed by atoms with Crippen molar-refractivity contribution in [3.05, 3.63) is 212 Å². The molecule has 57 heavy (non-hydrogen) atoms. The van der Waals surface area contributed by atoms with Gasteiger partial charge in [-0.05, 0) is 88.0 Å². The lowest BCUT2D eigenvalue weighted by molar-refractivity contribution is 0.670. The highest BCUT2D eigenvalue weighted by Gasteiger charge is 2.17. The zero-order valence-electron chi connectivity index (χ0n) is 31.1. The molecule has 0 fully saturated rings. The molecule has 0 saturated carbocycles. The van der Waals surface area contributed by atoms with E-state index < -0.39 is 0 Å². The number of anilines is 2. The van der Waals surface area contributed by atoms with Gasteiger partial charge in [-0.3, -0.25) is 0 Å². The molecular formula is C54H36N2O. The van der Waals surface area contributed by atoms with Crippen LogP contribution in [0.1, 0.15) is 0 Å². The smallest absolute Gasteiger partial charge is 0.143 e. The second-order valence-corrected chi connectivity index (χ2v) is 14.6. The highest BCUT2D eigenvalue weighted by atomic mass is 16.3. The van der Waals surface area contributed by atoms with E-state index in [1.54, 1.807) is 0 Å². The van der Waals surface area contributed by atoms with Gasteiger partial charge in [-0.2, -0.15) is 0 Å². The number of nitrogens with one attached hydrogen (secondary N) is 1. The maximum Gasteiger partial charge on any atom is 0.143 e. The molecule has 0 spiro atoms. The average molecular weight is 729 g/mol. The first kappa shape index (κ1) is 32.8. The monoisotopic (exact) mass is 728 g/mol. The number of rotatable bonds is 7. The average Bonchev–Trinajstić information content (AvgIpc) is 3.83. The Hall–Kier alpha value is -7.62. The fraction of sp³-hybridized carbons (Fsp3) is 0. The van der Waals surface area contributed by atoms with Gasteiger partial charge in [-0.25, -0.2) is 0 Å². The van der Waals surface area contributed by atoms with Crippen LogP contribution in [-0.4, -0.2) is 4.57 Å². The minimum absolute atomic E-state index is 0.913. The predicted molar refractivity (Wildman–Crippen MR) is 240 cm³/mol. The summed E-state index contributed by atoms with van der Waals surface area (Å²) >= 11 is 0. The zero-order chi connectivity index (χ0) is 37.7. The van der Waals surface area contributed by atoms with Gasteiger partial charge in [-0.15, -0.1) is 0 Å². The number of para-hydroxylation sites is 5.